The van der Waals surface area contributed by atoms with Gasteiger partial charge in [-0.3, -0.25) is 14.4 Å². The fraction of sp³-hybridized carbons (Fsp3) is 0.417. The topological polar surface area (TPSA) is 90.5 Å². The highest BCUT2D eigenvalue weighted by Gasteiger charge is 2.50. The fourth-order valence-electron chi connectivity index (χ4n) is 8.01. The number of carbonyl (C=O) groups is 3. The lowest BCUT2D eigenvalue weighted by Crippen LogP contribution is -2.58. The minimum Gasteiger partial charge on any atom is -0.325 e. The van der Waals surface area contributed by atoms with Crippen LogP contribution in [-0.2, 0) is 32.6 Å². The van der Waals surface area contributed by atoms with E-state index in [2.05, 4.69) is 16.0 Å². The van der Waals surface area contributed by atoms with Crippen LogP contribution in [0.25, 0.3) is 0 Å². The van der Waals surface area contributed by atoms with Gasteiger partial charge < -0.3 is 20.9 Å². The molecule has 2 aliphatic heterocycles. The van der Waals surface area contributed by atoms with Crippen LogP contribution in [0, 0.1) is 17.6 Å². The van der Waals surface area contributed by atoms with Crippen molar-refractivity contribution >= 4 is 29.1 Å². The second-order valence-corrected chi connectivity index (χ2v) is 13.2. The monoisotopic (exact) mass is 612 g/mol. The third kappa shape index (κ3) is 5.74. The number of nitrogens with zero attached hydrogens (tertiary/aromatic N) is 1. The number of piperazine rings is 1. The van der Waals surface area contributed by atoms with Gasteiger partial charge >= 0.3 is 0 Å². The van der Waals surface area contributed by atoms with Crippen molar-refractivity contribution in [2.24, 2.45) is 5.92 Å². The average Bonchev–Trinajstić information content (AvgIpc) is 3.38. The molecule has 1 saturated heterocycles. The summed E-state index contributed by atoms with van der Waals surface area (Å²) in [7, 11) is 0. The second kappa shape index (κ2) is 12.0. The molecule has 7 rings (SSSR count). The maximum Gasteiger partial charge on any atom is 0.244 e. The fourth-order valence-corrected chi connectivity index (χ4v) is 8.01. The summed E-state index contributed by atoms with van der Waals surface area (Å²) < 4.78 is 28.5. The highest BCUT2D eigenvalue weighted by Crippen LogP contribution is 2.47. The van der Waals surface area contributed by atoms with Crippen LogP contribution in [-0.4, -0.2) is 41.8 Å². The Labute approximate surface area is 261 Å². The third-order valence-electron chi connectivity index (χ3n) is 10.2. The summed E-state index contributed by atoms with van der Waals surface area (Å²) in [6.07, 6.45) is 8.70. The lowest BCUT2D eigenvalue weighted by atomic mass is 9.79. The van der Waals surface area contributed by atoms with Gasteiger partial charge in [-0.05, 0) is 77.8 Å². The van der Waals surface area contributed by atoms with Crippen molar-refractivity contribution in [1.29, 1.82) is 0 Å². The zero-order chi connectivity index (χ0) is 31.1. The number of rotatable bonds is 6. The Hall–Kier alpha value is -4.11. The van der Waals surface area contributed by atoms with Gasteiger partial charge in [-0.1, -0.05) is 62.8 Å². The Bertz CT molecular complexity index is 1630. The molecule has 0 bridgehead atoms. The molecule has 45 heavy (non-hydrogen) atoms. The zero-order valence-electron chi connectivity index (χ0n) is 25.2. The third-order valence-corrected chi connectivity index (χ3v) is 10.2. The van der Waals surface area contributed by atoms with E-state index in [1.807, 2.05) is 42.5 Å². The lowest BCUT2D eigenvalue weighted by Gasteiger charge is -2.40. The maximum atomic E-state index is 14.2. The molecular formula is C36H38F2N4O3. The first-order chi connectivity index (χ1) is 21.8. The summed E-state index contributed by atoms with van der Waals surface area (Å²) in [6.45, 7) is 0.0467. The van der Waals surface area contributed by atoms with Gasteiger partial charge in [0.05, 0.1) is 17.5 Å². The van der Waals surface area contributed by atoms with Crippen LogP contribution in [0.1, 0.15) is 73.2 Å². The van der Waals surface area contributed by atoms with Crippen LogP contribution in [0.3, 0.4) is 0 Å². The van der Waals surface area contributed by atoms with E-state index in [1.54, 1.807) is 0 Å². The van der Waals surface area contributed by atoms with Crippen molar-refractivity contribution in [2.75, 3.05) is 23.7 Å². The molecular weight excluding hydrogens is 574 g/mol. The summed E-state index contributed by atoms with van der Waals surface area (Å²) in [5.41, 5.74) is 4.12. The lowest BCUT2D eigenvalue weighted by molar-refractivity contribution is -0.142. The zero-order valence-corrected chi connectivity index (χ0v) is 25.2. The predicted molar refractivity (Wildman–Crippen MR) is 168 cm³/mol. The van der Waals surface area contributed by atoms with E-state index in [0.29, 0.717) is 43.0 Å². The smallest absolute Gasteiger partial charge is 0.244 e. The van der Waals surface area contributed by atoms with Gasteiger partial charge in [0.1, 0.15) is 18.2 Å². The summed E-state index contributed by atoms with van der Waals surface area (Å²) in [6, 6.07) is 15.6. The Morgan fingerprint density at radius 2 is 1.64 bits per heavy atom. The molecule has 1 spiro atoms. The van der Waals surface area contributed by atoms with Crippen LogP contribution in [0.2, 0.25) is 0 Å². The molecule has 2 fully saturated rings. The van der Waals surface area contributed by atoms with Gasteiger partial charge in [0.25, 0.3) is 0 Å². The number of carbonyl (C=O) groups excluding carboxylic acids is 3. The average molecular weight is 613 g/mol. The maximum absolute atomic E-state index is 14.2. The number of benzene rings is 3. The molecule has 234 valence electrons. The van der Waals surface area contributed by atoms with Gasteiger partial charge in [0, 0.05) is 24.0 Å². The molecule has 2 aliphatic carbocycles. The summed E-state index contributed by atoms with van der Waals surface area (Å²) in [5, 5.41) is 9.31. The number of anilines is 2. The summed E-state index contributed by atoms with van der Waals surface area (Å²) >= 11 is 0. The van der Waals surface area contributed by atoms with Crippen molar-refractivity contribution in [3.8, 4) is 0 Å². The number of hydrogen-bond acceptors (Lipinski definition) is 4. The molecule has 0 aromatic heterocycles. The largest absolute Gasteiger partial charge is 0.325 e. The van der Waals surface area contributed by atoms with E-state index in [1.165, 1.54) is 29.9 Å². The van der Waals surface area contributed by atoms with Gasteiger partial charge in [0.2, 0.25) is 17.7 Å². The normalized spacial score (nSPS) is 24.7. The first-order valence-electron chi connectivity index (χ1n) is 16.1. The Balaban J connectivity index is 1.09. The highest BCUT2D eigenvalue weighted by atomic mass is 19.1. The van der Waals surface area contributed by atoms with Gasteiger partial charge in [-0.2, -0.15) is 0 Å². The molecule has 3 aromatic carbocycles. The Kier molecular flexibility index (Phi) is 7.89. The second-order valence-electron chi connectivity index (χ2n) is 13.2. The quantitative estimate of drug-likeness (QED) is 0.307. The van der Waals surface area contributed by atoms with Crippen molar-refractivity contribution in [3.05, 3.63) is 94.6 Å². The molecule has 4 aliphatic rings. The Morgan fingerprint density at radius 3 is 2.42 bits per heavy atom. The molecule has 3 aromatic rings. The number of fused-ring (bicyclic) bond motifs is 3. The minimum absolute atomic E-state index is 0.0130. The van der Waals surface area contributed by atoms with E-state index < -0.39 is 35.0 Å². The summed E-state index contributed by atoms with van der Waals surface area (Å²) in [5.74, 6) is -1.65. The van der Waals surface area contributed by atoms with Crippen LogP contribution >= 0.6 is 0 Å². The number of hydrogen-bond donors (Lipinski definition) is 3. The SMILES string of the molecule is O=C(CN1C(=O)[C@H](CC2CCCCCC2)NCC1c1cc(F)cc(F)c1)Nc1ccc2c(c1)C[C@@]1(C2)C(=O)Nc2ccccc21. The van der Waals surface area contributed by atoms with Crippen LogP contribution in [0.15, 0.2) is 60.7 Å². The van der Waals surface area contributed by atoms with E-state index in [0.717, 1.165) is 54.1 Å². The van der Waals surface area contributed by atoms with Crippen LogP contribution < -0.4 is 16.0 Å². The molecule has 3 N–H and O–H groups in total. The van der Waals surface area contributed by atoms with Crippen molar-refractivity contribution in [3.63, 3.8) is 0 Å². The Morgan fingerprint density at radius 1 is 0.911 bits per heavy atom. The standard InChI is InChI=1S/C36H38F2N4O3/c37-26-14-24(15-27(38)17-26)32-20-39-31(13-22-7-3-1-2-4-8-22)34(44)42(32)21-33(43)40-28-12-11-23-18-36(19-25(23)16-28)29-9-5-6-10-30(29)41-35(36)45/h5-6,9-12,14-17,22,31-32,39H,1-4,7-8,13,18-21H2,(H,40,43)(H,41,45)/t31-,32?,36+/m0/s1. The highest BCUT2D eigenvalue weighted by molar-refractivity contribution is 6.07. The predicted octanol–water partition coefficient (Wildman–Crippen LogP) is 5.79. The van der Waals surface area contributed by atoms with E-state index >= 15 is 0 Å². The van der Waals surface area contributed by atoms with Crippen molar-refractivity contribution in [1.82, 2.24) is 10.2 Å². The van der Waals surface area contributed by atoms with Gasteiger partial charge in [-0.15, -0.1) is 0 Å². The number of para-hydroxylation sites is 1. The molecule has 9 heteroatoms. The molecule has 1 unspecified atom stereocenters. The van der Waals surface area contributed by atoms with E-state index in [-0.39, 0.29) is 18.4 Å². The molecule has 1 saturated carbocycles. The number of nitrogens with one attached hydrogen (secondary N) is 3. The number of halogens is 2. The van der Waals surface area contributed by atoms with Gasteiger partial charge in [-0.25, -0.2) is 8.78 Å². The molecule has 3 amide bonds. The van der Waals surface area contributed by atoms with Crippen molar-refractivity contribution in [2.45, 2.75) is 75.3 Å². The van der Waals surface area contributed by atoms with E-state index in [4.69, 9.17) is 0 Å². The minimum atomic E-state index is -0.725. The molecule has 3 atom stereocenters. The first kappa shape index (κ1) is 29.6. The van der Waals surface area contributed by atoms with Crippen LogP contribution in [0.5, 0.6) is 0 Å². The molecule has 7 nitrogen and oxygen atoms in total. The van der Waals surface area contributed by atoms with Crippen molar-refractivity contribution < 1.29 is 23.2 Å². The van der Waals surface area contributed by atoms with E-state index in [9.17, 15) is 23.2 Å². The summed E-state index contributed by atoms with van der Waals surface area (Å²) in [4.78, 5) is 42.0. The molecule has 2 heterocycles. The van der Waals surface area contributed by atoms with Crippen LogP contribution in [0.4, 0.5) is 20.2 Å². The first-order valence-corrected chi connectivity index (χ1v) is 16.1. The van der Waals surface area contributed by atoms with Gasteiger partial charge in [0.15, 0.2) is 0 Å². The number of amides is 3. The molecule has 0 radical (unpaired) electrons.